The van der Waals surface area contributed by atoms with Crippen LogP contribution in [-0.4, -0.2) is 34.1 Å². The minimum absolute atomic E-state index is 0.219. The van der Waals surface area contributed by atoms with E-state index in [1.165, 1.54) is 22.0 Å². The van der Waals surface area contributed by atoms with Gasteiger partial charge in [0.2, 0.25) is 0 Å². The van der Waals surface area contributed by atoms with Gasteiger partial charge in [0.1, 0.15) is 12.7 Å². The number of fused-ring (bicyclic) bond motifs is 3. The van der Waals surface area contributed by atoms with Crippen LogP contribution in [0.2, 0.25) is 0 Å². The Bertz CT molecular complexity index is 1250. The minimum Gasteiger partial charge on any atom is -0.267 e. The van der Waals surface area contributed by atoms with Crippen LogP contribution in [0.4, 0.5) is 0 Å². The maximum Gasteiger partial charge on any atom is 0.280 e. The summed E-state index contributed by atoms with van der Waals surface area (Å²) in [5.74, 6) is 0. The van der Waals surface area contributed by atoms with Crippen LogP contribution in [0.1, 0.15) is 0 Å². The highest BCUT2D eigenvalue weighted by Gasteiger charge is 2.13. The zero-order valence-corrected chi connectivity index (χ0v) is 12.9. The number of aromatic nitrogens is 7. The molecule has 1 aromatic carbocycles. The molecular weight excluding hydrogens is 318 g/mol. The molecule has 0 saturated heterocycles. The van der Waals surface area contributed by atoms with Gasteiger partial charge in [0.05, 0.1) is 17.1 Å². The molecule has 0 atom stereocenters. The predicted octanol–water partition coefficient (Wildman–Crippen LogP) is 1.61. The molecule has 0 amide bonds. The highest BCUT2D eigenvalue weighted by Crippen LogP contribution is 2.24. The summed E-state index contributed by atoms with van der Waals surface area (Å²) in [6.45, 7) is 0. The van der Waals surface area contributed by atoms with Gasteiger partial charge in [-0.3, -0.25) is 4.79 Å². The molecule has 0 radical (unpaired) electrons. The van der Waals surface area contributed by atoms with E-state index in [0.717, 1.165) is 11.1 Å². The van der Waals surface area contributed by atoms with Gasteiger partial charge < -0.3 is 0 Å². The molecule has 5 aromatic rings. The van der Waals surface area contributed by atoms with Crippen LogP contribution in [0.3, 0.4) is 0 Å². The fourth-order valence-corrected chi connectivity index (χ4v) is 2.92. The summed E-state index contributed by atoms with van der Waals surface area (Å²) in [6.07, 6.45) is 7.93. The van der Waals surface area contributed by atoms with Crippen molar-refractivity contribution in [3.05, 3.63) is 78.0 Å². The second-order valence-corrected chi connectivity index (χ2v) is 5.52. The van der Waals surface area contributed by atoms with E-state index in [0.29, 0.717) is 16.6 Å². The van der Waals surface area contributed by atoms with Crippen molar-refractivity contribution >= 4 is 16.6 Å². The van der Waals surface area contributed by atoms with Crippen LogP contribution in [-0.2, 0) is 0 Å². The van der Waals surface area contributed by atoms with Crippen molar-refractivity contribution < 1.29 is 0 Å². The Morgan fingerprint density at radius 2 is 1.72 bits per heavy atom. The van der Waals surface area contributed by atoms with Gasteiger partial charge >= 0.3 is 0 Å². The van der Waals surface area contributed by atoms with Crippen molar-refractivity contribution in [2.45, 2.75) is 0 Å². The lowest BCUT2D eigenvalue weighted by molar-refractivity contribution is 0.632. The molecule has 25 heavy (non-hydrogen) atoms. The fraction of sp³-hybridized carbons (Fsp3) is 0. The van der Waals surface area contributed by atoms with E-state index in [1.807, 2.05) is 36.4 Å². The zero-order chi connectivity index (χ0) is 16.8. The Labute approximate surface area is 140 Å². The van der Waals surface area contributed by atoms with E-state index in [2.05, 4.69) is 20.3 Å². The maximum atomic E-state index is 12.8. The Morgan fingerprint density at radius 1 is 0.920 bits per heavy atom. The molecule has 120 valence electrons. The molecule has 0 fully saturated rings. The predicted molar refractivity (Wildman–Crippen MR) is 91.0 cm³/mol. The van der Waals surface area contributed by atoms with Gasteiger partial charge in [0.15, 0.2) is 5.65 Å². The third-order valence-corrected chi connectivity index (χ3v) is 4.12. The van der Waals surface area contributed by atoms with E-state index in [4.69, 9.17) is 0 Å². The summed E-state index contributed by atoms with van der Waals surface area (Å²) in [4.78, 5) is 17.2. The Kier molecular flexibility index (Phi) is 2.78. The van der Waals surface area contributed by atoms with Gasteiger partial charge in [-0.1, -0.05) is 30.3 Å². The molecule has 5 rings (SSSR count). The normalized spacial score (nSPS) is 11.4. The number of hydrogen-bond acceptors (Lipinski definition) is 5. The third-order valence-electron chi connectivity index (χ3n) is 4.12. The Balaban J connectivity index is 1.79. The second-order valence-electron chi connectivity index (χ2n) is 5.52. The smallest absolute Gasteiger partial charge is 0.267 e. The number of rotatable bonds is 2. The molecule has 4 heterocycles. The van der Waals surface area contributed by atoms with Gasteiger partial charge in [-0.25, -0.2) is 18.9 Å². The molecule has 8 nitrogen and oxygen atoms in total. The van der Waals surface area contributed by atoms with Crippen molar-refractivity contribution in [3.63, 3.8) is 0 Å². The quantitative estimate of drug-likeness (QED) is 0.491. The van der Waals surface area contributed by atoms with Crippen molar-refractivity contribution in [1.29, 1.82) is 0 Å². The number of nitrogens with zero attached hydrogens (tertiary/aromatic N) is 7. The lowest BCUT2D eigenvalue weighted by Crippen LogP contribution is -2.25. The van der Waals surface area contributed by atoms with Gasteiger partial charge in [0.25, 0.3) is 5.56 Å². The van der Waals surface area contributed by atoms with Crippen molar-refractivity contribution in [2.24, 2.45) is 0 Å². The molecule has 0 aliphatic carbocycles. The van der Waals surface area contributed by atoms with E-state index in [1.54, 1.807) is 23.1 Å². The summed E-state index contributed by atoms with van der Waals surface area (Å²) >= 11 is 0. The highest BCUT2D eigenvalue weighted by atomic mass is 16.1. The first-order valence-electron chi connectivity index (χ1n) is 7.62. The first kappa shape index (κ1) is 13.6. The summed E-state index contributed by atoms with van der Waals surface area (Å²) < 4.78 is 4.61. The van der Waals surface area contributed by atoms with E-state index in [-0.39, 0.29) is 5.56 Å². The third kappa shape index (κ3) is 1.97. The average molecular weight is 329 g/mol. The van der Waals surface area contributed by atoms with Crippen LogP contribution in [0.5, 0.6) is 0 Å². The van der Waals surface area contributed by atoms with E-state index in [9.17, 15) is 4.79 Å². The molecule has 0 aliphatic heterocycles. The van der Waals surface area contributed by atoms with Crippen molar-refractivity contribution in [3.8, 4) is 11.1 Å². The number of benzene rings is 1. The topological polar surface area (TPSA) is 82.9 Å². The van der Waals surface area contributed by atoms with E-state index >= 15 is 0 Å². The molecule has 0 aliphatic rings. The van der Waals surface area contributed by atoms with Gasteiger partial charge in [-0.05, 0) is 11.6 Å². The van der Waals surface area contributed by atoms with Crippen LogP contribution in [0.25, 0.3) is 27.7 Å². The molecule has 0 N–H and O–H groups in total. The zero-order valence-electron chi connectivity index (χ0n) is 12.9. The molecule has 0 saturated carbocycles. The van der Waals surface area contributed by atoms with Crippen molar-refractivity contribution in [2.75, 3.05) is 0 Å². The summed E-state index contributed by atoms with van der Waals surface area (Å²) in [5.41, 5.74) is 3.14. The standard InChI is InChI=1S/C17H11N7O/c25-17-14-8-18-16-13(12-4-2-1-3-5-12)9-21-24(16)15(14)6-7-23(17)22-10-19-20-11-22/h1-11H. The van der Waals surface area contributed by atoms with Gasteiger partial charge in [0, 0.05) is 18.0 Å². The van der Waals surface area contributed by atoms with Crippen molar-refractivity contribution in [1.82, 2.24) is 34.1 Å². The maximum absolute atomic E-state index is 12.8. The first-order chi connectivity index (χ1) is 12.3. The molecule has 4 aromatic heterocycles. The fourth-order valence-electron chi connectivity index (χ4n) is 2.92. The molecular formula is C17H11N7O. The van der Waals surface area contributed by atoms with Crippen LogP contribution < -0.4 is 5.56 Å². The Hall–Kier alpha value is -3.81. The minimum atomic E-state index is -0.219. The second kappa shape index (κ2) is 5.10. The largest absolute Gasteiger partial charge is 0.280 e. The van der Waals surface area contributed by atoms with Gasteiger partial charge in [-0.2, -0.15) is 5.10 Å². The summed E-state index contributed by atoms with van der Waals surface area (Å²) in [5, 5.41) is 12.3. The Morgan fingerprint density at radius 3 is 2.52 bits per heavy atom. The van der Waals surface area contributed by atoms with Crippen LogP contribution in [0, 0.1) is 0 Å². The SMILES string of the molecule is O=c1c2cnc3c(-c4ccccc4)cnn3c2ccn1-n1cnnc1. The first-order valence-corrected chi connectivity index (χ1v) is 7.62. The number of hydrogen-bond donors (Lipinski definition) is 0. The monoisotopic (exact) mass is 329 g/mol. The summed E-state index contributed by atoms with van der Waals surface area (Å²) in [6, 6.07) is 11.7. The lowest BCUT2D eigenvalue weighted by Gasteiger charge is -2.07. The number of pyridine rings is 1. The summed E-state index contributed by atoms with van der Waals surface area (Å²) in [7, 11) is 0. The van der Waals surface area contributed by atoms with Gasteiger partial charge in [-0.15, -0.1) is 10.2 Å². The average Bonchev–Trinajstić information content (AvgIpc) is 3.32. The van der Waals surface area contributed by atoms with E-state index < -0.39 is 0 Å². The molecule has 0 unspecified atom stereocenters. The highest BCUT2D eigenvalue weighted by molar-refractivity contribution is 5.84. The lowest BCUT2D eigenvalue weighted by atomic mass is 10.1. The molecule has 0 spiro atoms. The van der Waals surface area contributed by atoms with Crippen LogP contribution >= 0.6 is 0 Å². The molecule has 0 bridgehead atoms. The molecule has 8 heteroatoms. The van der Waals surface area contributed by atoms with Crippen LogP contribution in [0.15, 0.2) is 72.4 Å².